The van der Waals surface area contributed by atoms with E-state index in [1.165, 1.54) is 4.90 Å². The van der Waals surface area contributed by atoms with Gasteiger partial charge in [-0.1, -0.05) is 0 Å². The molecule has 0 atom stereocenters. The monoisotopic (exact) mass is 245 g/mol. The second-order valence-electron chi connectivity index (χ2n) is 3.40. The van der Waals surface area contributed by atoms with Crippen LogP contribution in [-0.2, 0) is 9.53 Å². The fourth-order valence-corrected chi connectivity index (χ4v) is 1.63. The van der Waals surface area contributed by atoms with E-state index >= 15 is 0 Å². The van der Waals surface area contributed by atoms with Crippen molar-refractivity contribution >= 4 is 23.2 Å². The molecule has 0 unspecified atom stereocenters. The lowest BCUT2D eigenvalue weighted by Gasteiger charge is -2.21. The highest BCUT2D eigenvalue weighted by Gasteiger charge is 2.20. The third-order valence-electron chi connectivity index (χ3n) is 2.23. The third-order valence-corrected chi connectivity index (χ3v) is 2.46. The smallest absolute Gasteiger partial charge is 0.243 e. The Kier molecular flexibility index (Phi) is 4.83. The number of rotatable bonds is 5. The molecule has 0 aliphatic carbocycles. The fourth-order valence-electron chi connectivity index (χ4n) is 1.48. The maximum Gasteiger partial charge on any atom is 0.243 e. The van der Waals surface area contributed by atoms with Gasteiger partial charge in [0.05, 0.1) is 12.0 Å². The zero-order chi connectivity index (χ0) is 12.1. The second kappa shape index (κ2) is 5.92. The van der Waals surface area contributed by atoms with Gasteiger partial charge < -0.3 is 9.15 Å². The minimum atomic E-state index is -0.192. The minimum Gasteiger partial charge on any atom is -0.467 e. The van der Waals surface area contributed by atoms with E-state index in [1.807, 2.05) is 20.8 Å². The Balaban J connectivity index is 2.96. The molecule has 1 aromatic heterocycles. The second-order valence-corrected chi connectivity index (χ2v) is 3.67. The molecule has 0 aliphatic rings. The summed E-state index contributed by atoms with van der Waals surface area (Å²) in [5.74, 6) is 0.426. The van der Waals surface area contributed by atoms with E-state index in [9.17, 15) is 4.79 Å². The Morgan fingerprint density at radius 1 is 1.56 bits per heavy atom. The average Bonchev–Trinajstić information content (AvgIpc) is 2.60. The molecule has 0 fully saturated rings. The van der Waals surface area contributed by atoms with Crippen LogP contribution in [0.15, 0.2) is 10.7 Å². The Morgan fingerprint density at radius 2 is 2.25 bits per heavy atom. The lowest BCUT2D eigenvalue weighted by Crippen LogP contribution is -2.34. The molecule has 4 nitrogen and oxygen atoms in total. The van der Waals surface area contributed by atoms with Gasteiger partial charge in [-0.05, 0) is 20.8 Å². The summed E-state index contributed by atoms with van der Waals surface area (Å²) in [6, 6.07) is 0. The number of hydrogen-bond acceptors (Lipinski definition) is 3. The van der Waals surface area contributed by atoms with Crippen LogP contribution in [0.5, 0.6) is 0 Å². The molecular weight excluding hydrogens is 230 g/mol. The molecule has 0 saturated heterocycles. The van der Waals surface area contributed by atoms with Gasteiger partial charge in [-0.25, -0.2) is 0 Å². The summed E-state index contributed by atoms with van der Waals surface area (Å²) >= 11 is 5.57. The molecule has 0 N–H and O–H groups in total. The van der Waals surface area contributed by atoms with Crippen LogP contribution in [0.3, 0.4) is 0 Å². The van der Waals surface area contributed by atoms with Crippen molar-refractivity contribution in [2.45, 2.75) is 20.8 Å². The number of anilines is 1. The number of carbonyl (C=O) groups excluding carboxylic acids is 1. The largest absolute Gasteiger partial charge is 0.467 e. The molecule has 90 valence electrons. The summed E-state index contributed by atoms with van der Waals surface area (Å²) in [5, 5.41) is 0. The quantitative estimate of drug-likeness (QED) is 0.591. The third kappa shape index (κ3) is 2.77. The molecule has 5 heteroatoms. The van der Waals surface area contributed by atoms with Gasteiger partial charge in [-0.15, -0.1) is 11.6 Å². The van der Waals surface area contributed by atoms with Crippen molar-refractivity contribution in [1.82, 2.24) is 0 Å². The predicted molar refractivity (Wildman–Crippen MR) is 62.9 cm³/mol. The lowest BCUT2D eigenvalue weighted by atomic mass is 10.2. The first kappa shape index (κ1) is 13.1. The summed E-state index contributed by atoms with van der Waals surface area (Å²) in [4.78, 5) is 13.2. The maximum absolute atomic E-state index is 11.7. The zero-order valence-corrected chi connectivity index (χ0v) is 10.5. The number of furan rings is 1. The van der Waals surface area contributed by atoms with Crippen molar-refractivity contribution < 1.29 is 13.9 Å². The van der Waals surface area contributed by atoms with Gasteiger partial charge >= 0.3 is 0 Å². The van der Waals surface area contributed by atoms with Gasteiger partial charge in [0.25, 0.3) is 0 Å². The van der Waals surface area contributed by atoms with E-state index < -0.39 is 0 Å². The Hall–Kier alpha value is -1.00. The highest BCUT2D eigenvalue weighted by atomic mass is 35.5. The van der Waals surface area contributed by atoms with Crippen molar-refractivity contribution in [3.05, 3.63) is 17.6 Å². The van der Waals surface area contributed by atoms with Crippen LogP contribution in [0, 0.1) is 13.8 Å². The van der Waals surface area contributed by atoms with E-state index in [1.54, 1.807) is 6.26 Å². The molecule has 0 bridgehead atoms. The van der Waals surface area contributed by atoms with E-state index in [-0.39, 0.29) is 18.5 Å². The lowest BCUT2D eigenvalue weighted by molar-refractivity contribution is -0.117. The summed E-state index contributed by atoms with van der Waals surface area (Å²) < 4.78 is 10.5. The van der Waals surface area contributed by atoms with Gasteiger partial charge in [0.15, 0.2) is 0 Å². The van der Waals surface area contributed by atoms with Crippen molar-refractivity contribution in [2.75, 3.05) is 24.1 Å². The molecule has 1 rings (SSSR count). The molecule has 1 heterocycles. The first-order chi connectivity index (χ1) is 7.61. The fraction of sp³-hybridized carbons (Fsp3) is 0.545. The number of ether oxygens (including phenoxy) is 1. The normalized spacial score (nSPS) is 10.5. The van der Waals surface area contributed by atoms with Gasteiger partial charge in [-0.2, -0.15) is 0 Å². The van der Waals surface area contributed by atoms with E-state index in [0.717, 1.165) is 11.3 Å². The highest BCUT2D eigenvalue weighted by molar-refractivity contribution is 6.29. The van der Waals surface area contributed by atoms with Crippen LogP contribution < -0.4 is 4.90 Å². The van der Waals surface area contributed by atoms with Gasteiger partial charge in [0, 0.05) is 12.2 Å². The Labute approximate surface area is 100 Å². The molecule has 1 aromatic rings. The van der Waals surface area contributed by atoms with Crippen LogP contribution in [0.4, 0.5) is 5.69 Å². The topological polar surface area (TPSA) is 42.7 Å². The molecule has 1 amide bonds. The number of carbonyl (C=O) groups is 1. The first-order valence-corrected chi connectivity index (χ1v) is 5.64. The number of aryl methyl sites for hydroxylation is 2. The van der Waals surface area contributed by atoms with Crippen LogP contribution in [0.1, 0.15) is 18.2 Å². The van der Waals surface area contributed by atoms with Crippen LogP contribution in [0.25, 0.3) is 0 Å². The molecule has 16 heavy (non-hydrogen) atoms. The van der Waals surface area contributed by atoms with Gasteiger partial charge in [-0.3, -0.25) is 9.69 Å². The highest BCUT2D eigenvalue weighted by Crippen LogP contribution is 2.26. The molecule has 0 spiro atoms. The molecule has 0 radical (unpaired) electrons. The van der Waals surface area contributed by atoms with Crippen molar-refractivity contribution in [3.63, 3.8) is 0 Å². The number of nitrogens with zero attached hydrogens (tertiary/aromatic N) is 1. The van der Waals surface area contributed by atoms with Crippen LogP contribution in [0.2, 0.25) is 0 Å². The maximum atomic E-state index is 11.7. The number of hydrogen-bond donors (Lipinski definition) is 0. The molecule has 0 aliphatic heterocycles. The summed E-state index contributed by atoms with van der Waals surface area (Å²) in [7, 11) is 0. The van der Waals surface area contributed by atoms with E-state index in [0.29, 0.717) is 12.4 Å². The molecule has 0 saturated carbocycles. The number of halogens is 1. The number of amides is 1. The molecular formula is C11H16ClNO3. The van der Waals surface area contributed by atoms with Crippen LogP contribution in [-0.4, -0.2) is 25.1 Å². The van der Waals surface area contributed by atoms with E-state index in [2.05, 4.69) is 0 Å². The van der Waals surface area contributed by atoms with Crippen LogP contribution >= 0.6 is 11.6 Å². The predicted octanol–water partition coefficient (Wildman–Crippen LogP) is 2.46. The number of alkyl halides is 1. The van der Waals surface area contributed by atoms with Crippen molar-refractivity contribution in [1.29, 1.82) is 0 Å². The summed E-state index contributed by atoms with van der Waals surface area (Å²) in [6.07, 6.45) is 1.62. The van der Waals surface area contributed by atoms with Crippen molar-refractivity contribution in [3.8, 4) is 0 Å². The minimum absolute atomic E-state index is 0.0723. The standard InChI is InChI=1S/C11H16ClNO3/c1-4-15-7-13(10(14)5-12)11-8(2)6-16-9(11)3/h6H,4-5,7H2,1-3H3. The average molecular weight is 246 g/mol. The van der Waals surface area contributed by atoms with Crippen molar-refractivity contribution in [2.24, 2.45) is 0 Å². The van der Waals surface area contributed by atoms with Gasteiger partial charge in [0.1, 0.15) is 18.4 Å². The Morgan fingerprint density at radius 3 is 2.69 bits per heavy atom. The first-order valence-electron chi connectivity index (χ1n) is 5.10. The summed E-state index contributed by atoms with van der Waals surface area (Å²) in [6.45, 7) is 6.30. The molecule has 0 aromatic carbocycles. The Bertz CT molecular complexity index is 343. The zero-order valence-electron chi connectivity index (χ0n) is 9.75. The summed E-state index contributed by atoms with van der Waals surface area (Å²) in [5.41, 5.74) is 1.65. The SMILES string of the molecule is CCOCN(C(=O)CCl)c1c(C)coc1C. The van der Waals surface area contributed by atoms with E-state index in [4.69, 9.17) is 20.8 Å². The van der Waals surface area contributed by atoms with Gasteiger partial charge in [0.2, 0.25) is 5.91 Å².